The molecule has 102 valence electrons. The molecule has 0 atom stereocenters. The summed E-state index contributed by atoms with van der Waals surface area (Å²) in [6.45, 7) is 0. The average Bonchev–Trinajstić information content (AvgIpc) is 2.46. The van der Waals surface area contributed by atoms with Gasteiger partial charge in [0.2, 0.25) is 0 Å². The van der Waals surface area contributed by atoms with E-state index in [0.29, 0.717) is 12.1 Å². The lowest BCUT2D eigenvalue weighted by atomic mass is 10.2. The first-order valence-corrected chi connectivity index (χ1v) is 5.04. The van der Waals surface area contributed by atoms with E-state index in [0.717, 1.165) is 6.07 Å². The van der Waals surface area contributed by atoms with Crippen LogP contribution in [0.1, 0.15) is 0 Å². The Balaban J connectivity index is 3.14. The number of nitrogens with zero attached hydrogens (tertiary/aromatic N) is 2. The number of nitro groups is 2. The Morgan fingerprint density at radius 2 is 1.70 bits per heavy atom. The van der Waals surface area contributed by atoms with E-state index in [9.17, 15) is 34.9 Å². The zero-order valence-corrected chi connectivity index (χ0v) is 9.52. The first-order valence-electron chi connectivity index (χ1n) is 5.04. The number of aromatic amines is 1. The van der Waals surface area contributed by atoms with E-state index >= 15 is 0 Å². The maximum absolute atomic E-state index is 11.8. The van der Waals surface area contributed by atoms with Gasteiger partial charge in [-0.2, -0.15) is 0 Å². The van der Waals surface area contributed by atoms with Crippen LogP contribution in [0.5, 0.6) is 5.75 Å². The largest absolute Gasteiger partial charge is 0.503 e. The van der Waals surface area contributed by atoms with Gasteiger partial charge in [0.05, 0.1) is 21.4 Å². The molecule has 0 bridgehead atoms. The Kier molecular flexibility index (Phi) is 2.90. The van der Waals surface area contributed by atoms with E-state index in [-0.39, 0.29) is 0 Å². The molecule has 2 aromatic rings. The van der Waals surface area contributed by atoms with Crippen LogP contribution in [0.25, 0.3) is 10.9 Å². The van der Waals surface area contributed by atoms with E-state index in [1.165, 1.54) is 0 Å². The Labute approximate surface area is 108 Å². The van der Waals surface area contributed by atoms with Gasteiger partial charge in [0.15, 0.2) is 11.2 Å². The Morgan fingerprint density at radius 3 is 2.25 bits per heavy atom. The number of hydrogen-bond acceptors (Lipinski definition) is 7. The first-order chi connectivity index (χ1) is 9.31. The fourth-order valence-corrected chi connectivity index (χ4v) is 1.67. The van der Waals surface area contributed by atoms with E-state index < -0.39 is 48.9 Å². The molecule has 0 radical (unpaired) electrons. The molecule has 1 aromatic carbocycles. The van der Waals surface area contributed by atoms with Crippen LogP contribution in [0, 0.1) is 20.2 Å². The van der Waals surface area contributed by atoms with Gasteiger partial charge in [-0.3, -0.25) is 29.8 Å². The second-order valence-corrected chi connectivity index (χ2v) is 3.75. The van der Waals surface area contributed by atoms with Crippen LogP contribution in [0.4, 0.5) is 11.4 Å². The maximum Gasteiger partial charge on any atom is 0.290 e. The fraction of sp³-hybridized carbons (Fsp3) is 0. The first kappa shape index (κ1) is 13.1. The number of benzene rings is 1. The minimum absolute atomic E-state index is 0.402. The summed E-state index contributed by atoms with van der Waals surface area (Å²) in [4.78, 5) is 44.9. The number of aromatic hydroxyl groups is 1. The highest BCUT2D eigenvalue weighted by Crippen LogP contribution is 2.27. The molecule has 0 saturated heterocycles. The van der Waals surface area contributed by atoms with Crippen LogP contribution < -0.4 is 11.0 Å². The second kappa shape index (κ2) is 4.42. The summed E-state index contributed by atoms with van der Waals surface area (Å²) in [5.74, 6) is -0.942. The van der Waals surface area contributed by atoms with Gasteiger partial charge in [0.1, 0.15) is 5.39 Å². The van der Waals surface area contributed by atoms with Crippen molar-refractivity contribution >= 4 is 22.3 Å². The van der Waals surface area contributed by atoms with Gasteiger partial charge in [-0.1, -0.05) is 0 Å². The molecule has 0 amide bonds. The van der Waals surface area contributed by atoms with Crippen molar-refractivity contribution in [2.75, 3.05) is 0 Å². The third kappa shape index (κ3) is 2.05. The van der Waals surface area contributed by atoms with E-state index in [1.807, 2.05) is 4.98 Å². The summed E-state index contributed by atoms with van der Waals surface area (Å²) in [7, 11) is 0. The summed E-state index contributed by atoms with van der Waals surface area (Å²) < 4.78 is 0. The smallest absolute Gasteiger partial charge is 0.290 e. The number of fused-ring (bicyclic) bond motifs is 1. The number of hydrogen-bond donors (Lipinski definition) is 2. The molecule has 10 heteroatoms. The van der Waals surface area contributed by atoms with Crippen molar-refractivity contribution in [3.05, 3.63) is 59.0 Å². The summed E-state index contributed by atoms with van der Waals surface area (Å²) in [5.41, 5.74) is -3.99. The van der Waals surface area contributed by atoms with Gasteiger partial charge in [-0.25, -0.2) is 0 Å². The molecular weight excluding hydrogens is 274 g/mol. The second-order valence-electron chi connectivity index (χ2n) is 3.75. The fourth-order valence-electron chi connectivity index (χ4n) is 1.67. The average molecular weight is 279 g/mol. The lowest BCUT2D eigenvalue weighted by Gasteiger charge is -1.96. The molecule has 0 aliphatic rings. The highest BCUT2D eigenvalue weighted by atomic mass is 16.6. The minimum atomic E-state index is -1.09. The van der Waals surface area contributed by atoms with Crippen LogP contribution in [0.2, 0.25) is 0 Å². The van der Waals surface area contributed by atoms with Crippen molar-refractivity contribution in [2.45, 2.75) is 0 Å². The van der Waals surface area contributed by atoms with Gasteiger partial charge < -0.3 is 10.1 Å². The molecule has 2 rings (SSSR count). The number of nitrogens with one attached hydrogen (secondary N) is 1. The molecule has 20 heavy (non-hydrogen) atoms. The minimum Gasteiger partial charge on any atom is -0.503 e. The normalized spacial score (nSPS) is 10.4. The van der Waals surface area contributed by atoms with E-state index in [2.05, 4.69) is 0 Å². The number of rotatable bonds is 2. The molecule has 0 aliphatic carbocycles. The summed E-state index contributed by atoms with van der Waals surface area (Å²) in [5, 5.41) is 30.3. The number of non-ortho nitro benzene ring substituents is 2. The van der Waals surface area contributed by atoms with Crippen LogP contribution in [0.3, 0.4) is 0 Å². The van der Waals surface area contributed by atoms with Crippen molar-refractivity contribution in [1.29, 1.82) is 0 Å². The molecular formula is C10H5N3O7. The Bertz CT molecular complexity index is 871. The number of nitro benzene ring substituents is 2. The molecule has 0 fully saturated rings. The third-order valence-electron chi connectivity index (χ3n) is 2.50. The maximum atomic E-state index is 11.8. The number of aromatic nitrogens is 1. The van der Waals surface area contributed by atoms with Gasteiger partial charge in [-0.05, 0) is 0 Å². The van der Waals surface area contributed by atoms with Gasteiger partial charge >= 0.3 is 0 Å². The monoisotopic (exact) mass is 279 g/mol. The molecule has 0 spiro atoms. The number of H-pyrrole nitrogens is 1. The molecule has 0 unspecified atom stereocenters. The summed E-state index contributed by atoms with van der Waals surface area (Å²) in [6, 6.07) is 1.93. The lowest BCUT2D eigenvalue weighted by molar-refractivity contribution is -0.393. The predicted molar refractivity (Wildman–Crippen MR) is 65.8 cm³/mol. The van der Waals surface area contributed by atoms with Crippen molar-refractivity contribution in [2.24, 2.45) is 0 Å². The highest BCUT2D eigenvalue weighted by Gasteiger charge is 2.22. The van der Waals surface area contributed by atoms with Crippen LogP contribution >= 0.6 is 0 Å². The quantitative estimate of drug-likeness (QED) is 0.595. The molecule has 1 heterocycles. The van der Waals surface area contributed by atoms with E-state index in [4.69, 9.17) is 0 Å². The predicted octanol–water partition coefficient (Wildman–Crippen LogP) is 0.410. The SMILES string of the molecule is O=c1[nH]c2cc([N+](=O)[O-])cc([N+](=O)[O-])c2c(=O)cc1O. The summed E-state index contributed by atoms with van der Waals surface area (Å²) >= 11 is 0. The van der Waals surface area contributed by atoms with Crippen molar-refractivity contribution in [3.8, 4) is 5.75 Å². The Hall–Kier alpha value is -3.30. The highest BCUT2D eigenvalue weighted by molar-refractivity contribution is 5.89. The molecule has 10 nitrogen and oxygen atoms in total. The van der Waals surface area contributed by atoms with Crippen molar-refractivity contribution in [3.63, 3.8) is 0 Å². The van der Waals surface area contributed by atoms with Crippen LogP contribution in [0.15, 0.2) is 27.8 Å². The lowest BCUT2D eigenvalue weighted by Crippen LogP contribution is -2.02. The zero-order valence-electron chi connectivity index (χ0n) is 9.52. The van der Waals surface area contributed by atoms with Gasteiger partial charge in [0.25, 0.3) is 16.9 Å². The molecule has 1 aromatic heterocycles. The van der Waals surface area contributed by atoms with Crippen LogP contribution in [-0.2, 0) is 0 Å². The van der Waals surface area contributed by atoms with Crippen molar-refractivity contribution < 1.29 is 15.0 Å². The van der Waals surface area contributed by atoms with Crippen LogP contribution in [-0.4, -0.2) is 19.9 Å². The summed E-state index contributed by atoms with van der Waals surface area (Å²) in [6.07, 6.45) is 0. The van der Waals surface area contributed by atoms with Gasteiger partial charge in [-0.15, -0.1) is 0 Å². The molecule has 2 N–H and O–H groups in total. The van der Waals surface area contributed by atoms with E-state index in [1.54, 1.807) is 0 Å². The Morgan fingerprint density at radius 1 is 1.05 bits per heavy atom. The van der Waals surface area contributed by atoms with Crippen molar-refractivity contribution in [1.82, 2.24) is 4.98 Å². The molecule has 0 saturated carbocycles. The van der Waals surface area contributed by atoms with Gasteiger partial charge in [0, 0.05) is 12.1 Å². The standard InChI is InChI=1S/C10H5N3O7/c14-7-3-8(15)10(16)11-5-1-4(12(17)18)2-6(9(5)7)13(19)20/h1-3,15H,(H,11,16). The topological polar surface area (TPSA) is 156 Å². The molecule has 0 aliphatic heterocycles. The zero-order chi connectivity index (χ0) is 15.0. The third-order valence-corrected chi connectivity index (χ3v) is 2.50.